The molecule has 4 N–H and O–H groups in total. The second-order valence-corrected chi connectivity index (χ2v) is 1.98. The van der Waals surface area contributed by atoms with Crippen LogP contribution in [0.4, 0.5) is 0 Å². The fourth-order valence-corrected chi connectivity index (χ4v) is 0.434. The molecule has 0 fully saturated rings. The first kappa shape index (κ1) is 8.00. The molecule has 0 spiro atoms. The highest BCUT2D eigenvalue weighted by Gasteiger charge is 1.84. The molecule has 0 radical (unpaired) electrons. The van der Waals surface area contributed by atoms with Crippen molar-refractivity contribution in [3.63, 3.8) is 0 Å². The molecule has 0 aromatic carbocycles. The van der Waals surface area contributed by atoms with Gasteiger partial charge >= 0.3 is 0 Å². The number of hydrogen-bond acceptors (Lipinski definition) is 3. The van der Waals surface area contributed by atoms with Gasteiger partial charge < -0.3 is 10.7 Å². The van der Waals surface area contributed by atoms with Gasteiger partial charge in [0.05, 0.1) is 0 Å². The summed E-state index contributed by atoms with van der Waals surface area (Å²) in [5.41, 5.74) is 2.29. The average Bonchev–Trinajstić information content (AvgIpc) is 1.83. The van der Waals surface area contributed by atoms with Gasteiger partial charge in [0.25, 0.3) is 0 Å². The molecule has 0 aromatic rings. The first-order chi connectivity index (χ1) is 3.81. The van der Waals surface area contributed by atoms with Gasteiger partial charge in [0, 0.05) is 12.3 Å². The van der Waals surface area contributed by atoms with Crippen LogP contribution in [0.15, 0.2) is 0 Å². The molecule has 3 nitrogen and oxygen atoms in total. The molecular weight excluding hydrogens is 142 g/mol. The van der Waals surface area contributed by atoms with Gasteiger partial charge in [-0.1, -0.05) is 0 Å². The topological polar surface area (TPSA) is 50.1 Å². The molecule has 0 saturated carbocycles. The lowest BCUT2D eigenvalue weighted by molar-refractivity contribution is 0.908. The van der Waals surface area contributed by atoms with Crippen LogP contribution in [-0.2, 0) is 0 Å². The van der Waals surface area contributed by atoms with Crippen molar-refractivity contribution >= 4 is 30.0 Å². The number of hydrazine groups is 1. The lowest BCUT2D eigenvalue weighted by Crippen LogP contribution is -2.40. The number of thiol groups is 1. The fraction of sp³-hybridized carbons (Fsp3) is 0.667. The van der Waals surface area contributed by atoms with E-state index in [1.165, 1.54) is 0 Å². The van der Waals surface area contributed by atoms with Crippen LogP contribution in [0.3, 0.4) is 0 Å². The maximum atomic E-state index is 4.93. The lowest BCUT2D eigenvalue weighted by atomic mass is 10.7. The highest BCUT2D eigenvalue weighted by molar-refractivity contribution is 7.80. The van der Waals surface area contributed by atoms with Crippen LogP contribution < -0.4 is 16.6 Å². The number of hydrogen-bond donors (Lipinski definition) is 4. The van der Waals surface area contributed by atoms with Crippen molar-refractivity contribution in [2.45, 2.75) is 0 Å². The Morgan fingerprint density at radius 2 is 2.38 bits per heavy atom. The molecule has 0 bridgehead atoms. The van der Waals surface area contributed by atoms with Crippen molar-refractivity contribution in [1.29, 1.82) is 0 Å². The zero-order valence-corrected chi connectivity index (χ0v) is 6.06. The van der Waals surface area contributed by atoms with Crippen molar-refractivity contribution < 1.29 is 0 Å². The molecule has 0 rings (SSSR count). The zero-order valence-electron chi connectivity index (χ0n) is 4.35. The molecule has 0 saturated heterocycles. The van der Waals surface area contributed by atoms with E-state index in [0.29, 0.717) is 5.11 Å². The minimum atomic E-state index is 0.457. The van der Waals surface area contributed by atoms with Gasteiger partial charge in [-0.05, 0) is 12.2 Å². The van der Waals surface area contributed by atoms with Crippen LogP contribution in [0, 0.1) is 0 Å². The van der Waals surface area contributed by atoms with Crippen LogP contribution in [0.1, 0.15) is 0 Å². The third-order valence-electron chi connectivity index (χ3n) is 0.528. The monoisotopic (exact) mass is 151 g/mol. The summed E-state index contributed by atoms with van der Waals surface area (Å²) in [7, 11) is 0. The quantitative estimate of drug-likeness (QED) is 0.182. The Hall–Kier alpha value is 0. The van der Waals surface area contributed by atoms with Crippen LogP contribution in [0.2, 0.25) is 0 Å². The van der Waals surface area contributed by atoms with E-state index in [1.807, 2.05) is 0 Å². The van der Waals surface area contributed by atoms with E-state index >= 15 is 0 Å². The van der Waals surface area contributed by atoms with Gasteiger partial charge in [0.2, 0.25) is 0 Å². The second-order valence-electron chi connectivity index (χ2n) is 1.12. The molecule has 48 valence electrons. The van der Waals surface area contributed by atoms with E-state index in [2.05, 4.69) is 35.6 Å². The first-order valence-corrected chi connectivity index (χ1v) is 3.20. The SMILES string of the molecule is NNC(=S)NCCS. The molecule has 0 aliphatic carbocycles. The molecule has 5 heteroatoms. The summed E-state index contributed by atoms with van der Waals surface area (Å²) < 4.78 is 0. The molecule has 0 heterocycles. The predicted molar refractivity (Wildman–Crippen MR) is 41.8 cm³/mol. The second kappa shape index (κ2) is 5.14. The Morgan fingerprint density at radius 1 is 1.75 bits per heavy atom. The summed E-state index contributed by atoms with van der Waals surface area (Å²) >= 11 is 8.58. The smallest absolute Gasteiger partial charge is 0.180 e. The van der Waals surface area contributed by atoms with E-state index in [1.54, 1.807) is 0 Å². The van der Waals surface area contributed by atoms with Gasteiger partial charge in [-0.15, -0.1) is 0 Å². The molecule has 0 atom stereocenters. The van der Waals surface area contributed by atoms with E-state index in [-0.39, 0.29) is 0 Å². The van der Waals surface area contributed by atoms with Crippen molar-refractivity contribution in [2.75, 3.05) is 12.3 Å². The first-order valence-electron chi connectivity index (χ1n) is 2.16. The third-order valence-corrected chi connectivity index (χ3v) is 1.01. The Morgan fingerprint density at radius 3 is 2.75 bits per heavy atom. The van der Waals surface area contributed by atoms with Crippen molar-refractivity contribution in [3.05, 3.63) is 0 Å². The van der Waals surface area contributed by atoms with E-state index in [9.17, 15) is 0 Å². The van der Waals surface area contributed by atoms with Gasteiger partial charge in [0.1, 0.15) is 0 Å². The normalized spacial score (nSPS) is 8.25. The zero-order chi connectivity index (χ0) is 6.41. The Kier molecular flexibility index (Phi) is 5.14. The third kappa shape index (κ3) is 4.17. The van der Waals surface area contributed by atoms with Crippen LogP contribution in [0.25, 0.3) is 0 Å². The van der Waals surface area contributed by atoms with Gasteiger partial charge in [-0.25, -0.2) is 5.84 Å². The highest BCUT2D eigenvalue weighted by Crippen LogP contribution is 1.67. The summed E-state index contributed by atoms with van der Waals surface area (Å²) in [5.74, 6) is 5.69. The van der Waals surface area contributed by atoms with E-state index in [4.69, 9.17) is 5.84 Å². The molecule has 0 aliphatic rings. The van der Waals surface area contributed by atoms with Gasteiger partial charge in [-0.2, -0.15) is 12.6 Å². The number of nitrogens with one attached hydrogen (secondary N) is 2. The summed E-state index contributed by atoms with van der Waals surface area (Å²) in [6.07, 6.45) is 0. The maximum absolute atomic E-state index is 4.93. The molecule has 0 unspecified atom stereocenters. The Balaban J connectivity index is 2.99. The maximum Gasteiger partial charge on any atom is 0.180 e. The van der Waals surface area contributed by atoms with Gasteiger partial charge in [0.15, 0.2) is 5.11 Å². The van der Waals surface area contributed by atoms with Crippen molar-refractivity contribution in [3.8, 4) is 0 Å². The molecule has 0 aromatic heterocycles. The molecule has 8 heavy (non-hydrogen) atoms. The van der Waals surface area contributed by atoms with Crippen LogP contribution in [-0.4, -0.2) is 17.4 Å². The van der Waals surface area contributed by atoms with Gasteiger partial charge in [-0.3, -0.25) is 0 Å². The standard InChI is InChI=1S/C3H9N3S2/c4-6-3(8)5-1-2-7/h7H,1-2,4H2,(H2,5,6,8). The Bertz CT molecular complexity index is 74.9. The minimum absolute atomic E-state index is 0.457. The number of thiocarbonyl (C=S) groups is 1. The van der Waals surface area contributed by atoms with E-state index in [0.717, 1.165) is 12.3 Å². The summed E-state index contributed by atoms with van der Waals surface area (Å²) in [5, 5.41) is 3.26. The van der Waals surface area contributed by atoms with Crippen LogP contribution in [0.5, 0.6) is 0 Å². The summed E-state index contributed by atoms with van der Waals surface area (Å²) in [4.78, 5) is 0. The summed E-state index contributed by atoms with van der Waals surface area (Å²) in [6, 6.07) is 0. The predicted octanol–water partition coefficient (Wildman–Crippen LogP) is -0.746. The largest absolute Gasteiger partial charge is 0.361 e. The number of nitrogens with two attached hydrogens (primary N) is 1. The van der Waals surface area contributed by atoms with E-state index < -0.39 is 0 Å². The highest BCUT2D eigenvalue weighted by atomic mass is 32.1. The van der Waals surface area contributed by atoms with Crippen molar-refractivity contribution in [2.24, 2.45) is 5.84 Å². The fourth-order valence-electron chi connectivity index (χ4n) is 0.220. The summed E-state index contributed by atoms with van der Waals surface area (Å²) in [6.45, 7) is 0.742. The molecular formula is C3H9N3S2. The van der Waals surface area contributed by atoms with Crippen molar-refractivity contribution in [1.82, 2.24) is 10.7 Å². The lowest BCUT2D eigenvalue weighted by Gasteiger charge is -2.02. The number of rotatable bonds is 2. The molecule has 0 aliphatic heterocycles. The van der Waals surface area contributed by atoms with Crippen LogP contribution >= 0.6 is 24.8 Å². The minimum Gasteiger partial charge on any atom is -0.361 e. The average molecular weight is 151 g/mol. The molecule has 0 amide bonds. The Labute approximate surface area is 59.4 Å².